The van der Waals surface area contributed by atoms with Crippen molar-refractivity contribution in [3.8, 4) is 0 Å². The highest BCUT2D eigenvalue weighted by Gasteiger charge is 2.32. The fraction of sp³-hybridized carbons (Fsp3) is 0.467. The van der Waals surface area contributed by atoms with Gasteiger partial charge in [0.25, 0.3) is 0 Å². The number of carbonyl (C=O) groups excluding carboxylic acids is 1. The van der Waals surface area contributed by atoms with E-state index < -0.39 is 6.04 Å². The molecule has 5 nitrogen and oxygen atoms in total. The van der Waals surface area contributed by atoms with E-state index >= 15 is 0 Å². The van der Waals surface area contributed by atoms with Crippen molar-refractivity contribution in [3.05, 3.63) is 29.8 Å². The lowest BCUT2D eigenvalue weighted by atomic mass is 9.94. The number of fused-ring (bicyclic) bond motifs is 4. The molecule has 2 aliphatic rings. The maximum absolute atomic E-state index is 11.9. The van der Waals surface area contributed by atoms with Gasteiger partial charge in [-0.25, -0.2) is 0 Å². The fourth-order valence-corrected chi connectivity index (χ4v) is 2.85. The van der Waals surface area contributed by atoms with Gasteiger partial charge in [0, 0.05) is 18.2 Å². The number of ether oxygens (including phenoxy) is 1. The third-order valence-corrected chi connectivity index (χ3v) is 3.87. The Bertz CT molecular complexity index is 542. The summed E-state index contributed by atoms with van der Waals surface area (Å²) in [5.74, 6) is 0.102. The van der Waals surface area contributed by atoms with Crippen LogP contribution in [0.3, 0.4) is 0 Å². The second-order valence-corrected chi connectivity index (χ2v) is 5.25. The third kappa shape index (κ3) is 2.59. The van der Waals surface area contributed by atoms with Gasteiger partial charge in [-0.15, -0.1) is 0 Å². The molecule has 106 valence electrons. The molecule has 0 spiro atoms. The summed E-state index contributed by atoms with van der Waals surface area (Å²) in [7, 11) is 0. The second-order valence-electron chi connectivity index (χ2n) is 5.25. The van der Waals surface area contributed by atoms with Crippen LogP contribution in [0.1, 0.15) is 17.9 Å². The SMILES string of the molecule is NC1CC2C=[N+](CCOCCNC1=O)c1ccccc12. The summed E-state index contributed by atoms with van der Waals surface area (Å²) in [6, 6.07) is 7.80. The average molecular weight is 274 g/mol. The van der Waals surface area contributed by atoms with Crippen molar-refractivity contribution in [2.45, 2.75) is 18.4 Å². The lowest BCUT2D eigenvalue weighted by molar-refractivity contribution is -0.437. The first-order valence-electron chi connectivity index (χ1n) is 7.07. The first kappa shape index (κ1) is 13.3. The van der Waals surface area contributed by atoms with Crippen LogP contribution < -0.4 is 11.1 Å². The van der Waals surface area contributed by atoms with Crippen LogP contribution in [0.4, 0.5) is 5.69 Å². The van der Waals surface area contributed by atoms with Gasteiger partial charge in [0.15, 0.2) is 12.8 Å². The van der Waals surface area contributed by atoms with Gasteiger partial charge in [-0.1, -0.05) is 18.2 Å². The number of rotatable bonds is 0. The van der Waals surface area contributed by atoms with Crippen LogP contribution in [0, 0.1) is 0 Å². The lowest BCUT2D eigenvalue weighted by Gasteiger charge is -2.14. The number of hydrogen-bond donors (Lipinski definition) is 2. The van der Waals surface area contributed by atoms with Crippen molar-refractivity contribution < 1.29 is 14.1 Å². The largest absolute Gasteiger partial charge is 0.373 e. The molecular weight excluding hydrogens is 254 g/mol. The highest BCUT2D eigenvalue weighted by Crippen LogP contribution is 2.33. The fourth-order valence-electron chi connectivity index (χ4n) is 2.85. The Labute approximate surface area is 118 Å². The van der Waals surface area contributed by atoms with Gasteiger partial charge in [0.05, 0.1) is 18.6 Å². The van der Waals surface area contributed by atoms with Crippen molar-refractivity contribution in [3.63, 3.8) is 0 Å². The minimum Gasteiger partial charge on any atom is -0.373 e. The van der Waals surface area contributed by atoms with E-state index in [1.165, 1.54) is 11.3 Å². The molecule has 5 heteroatoms. The zero-order valence-electron chi connectivity index (χ0n) is 11.4. The standard InChI is InChI=1S/C15H19N3O2/c16-13-9-11-10-18(14-4-2-1-3-12(11)14)6-8-20-7-5-17-15(13)19/h1-4,10-11,13H,5-9,16H2/p+1. The minimum absolute atomic E-state index is 0.0986. The van der Waals surface area contributed by atoms with Crippen molar-refractivity contribution in [1.82, 2.24) is 5.32 Å². The second kappa shape index (κ2) is 5.73. The number of amides is 1. The topological polar surface area (TPSA) is 67.4 Å². The molecule has 2 aliphatic heterocycles. The van der Waals surface area contributed by atoms with Crippen LogP contribution in [0.25, 0.3) is 0 Å². The summed E-state index contributed by atoms with van der Waals surface area (Å²) < 4.78 is 7.75. The summed E-state index contributed by atoms with van der Waals surface area (Å²) in [6.07, 6.45) is 2.81. The van der Waals surface area contributed by atoms with Gasteiger partial charge in [0.2, 0.25) is 11.6 Å². The van der Waals surface area contributed by atoms with E-state index in [4.69, 9.17) is 10.5 Å². The number of nitrogens with one attached hydrogen (secondary N) is 1. The number of benzene rings is 1. The summed E-state index contributed by atoms with van der Waals surface area (Å²) in [5.41, 5.74) is 8.46. The molecule has 0 saturated heterocycles. The summed E-state index contributed by atoms with van der Waals surface area (Å²) in [6.45, 7) is 2.53. The highest BCUT2D eigenvalue weighted by atomic mass is 16.5. The predicted molar refractivity (Wildman–Crippen MR) is 76.5 cm³/mol. The maximum atomic E-state index is 11.9. The van der Waals surface area contributed by atoms with Crippen molar-refractivity contribution in [2.75, 3.05) is 26.3 Å². The summed E-state index contributed by atoms with van der Waals surface area (Å²) in [4.78, 5) is 11.9. The van der Waals surface area contributed by atoms with Crippen LogP contribution in [0.5, 0.6) is 0 Å². The van der Waals surface area contributed by atoms with Crippen LogP contribution >= 0.6 is 0 Å². The Morgan fingerprint density at radius 3 is 3.05 bits per heavy atom. The molecular formula is C15H20N3O2+. The molecule has 0 fully saturated rings. The van der Waals surface area contributed by atoms with E-state index in [9.17, 15) is 4.79 Å². The van der Waals surface area contributed by atoms with Crippen molar-refractivity contribution in [2.24, 2.45) is 5.73 Å². The van der Waals surface area contributed by atoms with E-state index in [0.717, 1.165) is 6.54 Å². The molecule has 3 rings (SSSR count). The highest BCUT2D eigenvalue weighted by molar-refractivity contribution is 5.83. The first-order valence-corrected chi connectivity index (χ1v) is 7.07. The van der Waals surface area contributed by atoms with Gasteiger partial charge >= 0.3 is 0 Å². The van der Waals surface area contributed by atoms with Crippen LogP contribution in [-0.2, 0) is 9.53 Å². The van der Waals surface area contributed by atoms with E-state index in [-0.39, 0.29) is 11.8 Å². The van der Waals surface area contributed by atoms with Crippen LogP contribution in [-0.4, -0.2) is 49.0 Å². The summed E-state index contributed by atoms with van der Waals surface area (Å²) in [5, 5.41) is 2.82. The molecule has 20 heavy (non-hydrogen) atoms. The molecule has 1 aromatic rings. The molecule has 2 heterocycles. The van der Waals surface area contributed by atoms with E-state index in [2.05, 4.69) is 28.2 Å². The van der Waals surface area contributed by atoms with Crippen LogP contribution in [0.2, 0.25) is 0 Å². The number of hydrogen-bond acceptors (Lipinski definition) is 3. The molecule has 2 bridgehead atoms. The Morgan fingerprint density at radius 1 is 1.30 bits per heavy atom. The number of nitrogens with two attached hydrogens (primary N) is 1. The number of para-hydroxylation sites is 1. The quantitative estimate of drug-likeness (QED) is 0.671. The van der Waals surface area contributed by atoms with Gasteiger partial charge < -0.3 is 15.8 Å². The molecule has 2 atom stereocenters. The summed E-state index contributed by atoms with van der Waals surface area (Å²) >= 11 is 0. The molecule has 0 radical (unpaired) electrons. The molecule has 1 amide bonds. The molecule has 0 aliphatic carbocycles. The monoisotopic (exact) mass is 274 g/mol. The Kier molecular flexibility index (Phi) is 3.80. The van der Waals surface area contributed by atoms with E-state index in [0.29, 0.717) is 26.2 Å². The van der Waals surface area contributed by atoms with Gasteiger partial charge in [-0.3, -0.25) is 4.79 Å². The van der Waals surface area contributed by atoms with Gasteiger partial charge in [0.1, 0.15) is 6.61 Å². The third-order valence-electron chi connectivity index (χ3n) is 3.87. The molecule has 0 saturated carbocycles. The van der Waals surface area contributed by atoms with Crippen molar-refractivity contribution in [1.29, 1.82) is 0 Å². The van der Waals surface area contributed by atoms with Gasteiger partial charge in [-0.2, -0.15) is 4.58 Å². The van der Waals surface area contributed by atoms with Crippen molar-refractivity contribution >= 4 is 17.8 Å². The Balaban J connectivity index is 1.89. The molecule has 1 aromatic carbocycles. The maximum Gasteiger partial charge on any atom is 0.237 e. The molecule has 2 unspecified atom stereocenters. The molecule has 0 aromatic heterocycles. The zero-order valence-corrected chi connectivity index (χ0v) is 11.4. The Hall–Kier alpha value is -1.72. The number of carbonyl (C=O) groups is 1. The van der Waals surface area contributed by atoms with E-state index in [1.54, 1.807) is 0 Å². The normalized spacial score (nSPS) is 26.9. The smallest absolute Gasteiger partial charge is 0.237 e. The zero-order chi connectivity index (χ0) is 13.9. The lowest BCUT2D eigenvalue weighted by Crippen LogP contribution is -2.43. The van der Waals surface area contributed by atoms with E-state index in [1.807, 2.05) is 12.1 Å². The van der Waals surface area contributed by atoms with Gasteiger partial charge in [-0.05, 0) is 6.42 Å². The first-order chi connectivity index (χ1) is 9.75. The minimum atomic E-state index is -0.483. The predicted octanol–water partition coefficient (Wildman–Crippen LogP) is 0.362. The van der Waals surface area contributed by atoms with Crippen LogP contribution in [0.15, 0.2) is 24.3 Å². The average Bonchev–Trinajstić information content (AvgIpc) is 2.80. The number of nitrogens with zero attached hydrogens (tertiary/aromatic N) is 1. The Morgan fingerprint density at radius 2 is 2.15 bits per heavy atom. The molecule has 3 N–H and O–H groups in total.